The van der Waals surface area contributed by atoms with Crippen LogP contribution in [0.15, 0.2) is 41.5 Å². The standard InChI is InChI=1S/C20H24N2O5/c1-13(2)27-18-7-6-14(8-19(18)26-5)12-21-22-20(23)15-9-16(24-3)11-17(10-15)25-4/h6-13H,1-5H3,(H,22,23)/b21-12-. The second-order valence-electron chi connectivity index (χ2n) is 5.88. The lowest BCUT2D eigenvalue weighted by Gasteiger charge is -2.13. The maximum Gasteiger partial charge on any atom is 0.271 e. The highest BCUT2D eigenvalue weighted by Gasteiger charge is 2.10. The third-order valence-electron chi connectivity index (χ3n) is 3.54. The number of amides is 1. The molecule has 0 bridgehead atoms. The molecular weight excluding hydrogens is 348 g/mol. The summed E-state index contributed by atoms with van der Waals surface area (Å²) in [5.74, 6) is 1.91. The van der Waals surface area contributed by atoms with Gasteiger partial charge in [0.1, 0.15) is 11.5 Å². The Labute approximate surface area is 158 Å². The molecule has 0 atom stereocenters. The lowest BCUT2D eigenvalue weighted by molar-refractivity contribution is 0.0954. The first-order chi connectivity index (χ1) is 13.0. The SMILES string of the molecule is COc1cc(OC)cc(C(=O)N/N=C\c2ccc(OC(C)C)c(OC)c2)c1. The van der Waals surface area contributed by atoms with Crippen LogP contribution in [-0.4, -0.2) is 39.6 Å². The fraction of sp³-hybridized carbons (Fsp3) is 0.300. The first kappa shape index (κ1) is 20.1. The van der Waals surface area contributed by atoms with Crippen molar-refractivity contribution in [1.82, 2.24) is 5.43 Å². The number of methoxy groups -OCH3 is 3. The smallest absolute Gasteiger partial charge is 0.271 e. The van der Waals surface area contributed by atoms with Crippen LogP contribution >= 0.6 is 0 Å². The Kier molecular flexibility index (Phi) is 7.05. The molecule has 7 nitrogen and oxygen atoms in total. The van der Waals surface area contributed by atoms with E-state index in [-0.39, 0.29) is 12.0 Å². The number of benzene rings is 2. The van der Waals surface area contributed by atoms with Gasteiger partial charge in [-0.25, -0.2) is 5.43 Å². The number of nitrogens with one attached hydrogen (secondary N) is 1. The summed E-state index contributed by atoms with van der Waals surface area (Å²) in [5.41, 5.74) is 3.61. The third kappa shape index (κ3) is 5.64. The molecule has 0 aliphatic rings. The third-order valence-corrected chi connectivity index (χ3v) is 3.54. The molecule has 2 aromatic carbocycles. The van der Waals surface area contributed by atoms with Gasteiger partial charge in [-0.2, -0.15) is 5.10 Å². The van der Waals surface area contributed by atoms with E-state index < -0.39 is 0 Å². The molecule has 0 aromatic heterocycles. The molecule has 144 valence electrons. The zero-order valence-corrected chi connectivity index (χ0v) is 16.1. The Balaban J connectivity index is 2.09. The van der Waals surface area contributed by atoms with Crippen LogP contribution in [0.3, 0.4) is 0 Å². The molecule has 0 heterocycles. The molecule has 2 rings (SSSR count). The topological polar surface area (TPSA) is 78.4 Å². The molecule has 0 spiro atoms. The van der Waals surface area contributed by atoms with Crippen LogP contribution in [0.2, 0.25) is 0 Å². The average molecular weight is 372 g/mol. The van der Waals surface area contributed by atoms with Crippen molar-refractivity contribution in [3.63, 3.8) is 0 Å². The molecule has 0 aliphatic heterocycles. The Bertz CT molecular complexity index is 796. The van der Waals surface area contributed by atoms with Gasteiger partial charge in [-0.15, -0.1) is 0 Å². The molecule has 2 aromatic rings. The van der Waals surface area contributed by atoms with Crippen LogP contribution in [0.5, 0.6) is 23.0 Å². The fourth-order valence-electron chi connectivity index (χ4n) is 2.28. The normalized spacial score (nSPS) is 10.7. The van der Waals surface area contributed by atoms with Gasteiger partial charge in [0.25, 0.3) is 5.91 Å². The number of rotatable bonds is 8. The van der Waals surface area contributed by atoms with Crippen LogP contribution in [0.1, 0.15) is 29.8 Å². The Morgan fingerprint density at radius 1 is 0.963 bits per heavy atom. The highest BCUT2D eigenvalue weighted by atomic mass is 16.5. The van der Waals surface area contributed by atoms with E-state index in [2.05, 4.69) is 10.5 Å². The highest BCUT2D eigenvalue weighted by Crippen LogP contribution is 2.28. The van der Waals surface area contributed by atoms with Crippen molar-refractivity contribution in [2.75, 3.05) is 21.3 Å². The van der Waals surface area contributed by atoms with Crippen LogP contribution in [0, 0.1) is 0 Å². The second-order valence-corrected chi connectivity index (χ2v) is 5.88. The van der Waals surface area contributed by atoms with Gasteiger partial charge >= 0.3 is 0 Å². The van der Waals surface area contributed by atoms with Crippen molar-refractivity contribution in [3.8, 4) is 23.0 Å². The van der Waals surface area contributed by atoms with Crippen molar-refractivity contribution in [2.45, 2.75) is 20.0 Å². The molecule has 1 amide bonds. The Morgan fingerprint density at radius 3 is 2.19 bits per heavy atom. The molecular formula is C20H24N2O5. The molecule has 0 saturated carbocycles. The van der Waals surface area contributed by atoms with Crippen molar-refractivity contribution >= 4 is 12.1 Å². The first-order valence-electron chi connectivity index (χ1n) is 8.38. The average Bonchev–Trinajstić information content (AvgIpc) is 2.67. The van der Waals surface area contributed by atoms with Crippen molar-refractivity contribution < 1.29 is 23.7 Å². The molecule has 27 heavy (non-hydrogen) atoms. The second kappa shape index (κ2) is 9.47. The minimum Gasteiger partial charge on any atom is -0.497 e. The number of hydrogen-bond donors (Lipinski definition) is 1. The van der Waals surface area contributed by atoms with E-state index in [4.69, 9.17) is 18.9 Å². The van der Waals surface area contributed by atoms with Gasteiger partial charge < -0.3 is 18.9 Å². The maximum atomic E-state index is 12.3. The summed E-state index contributed by atoms with van der Waals surface area (Å²) in [6.45, 7) is 3.88. The van der Waals surface area contributed by atoms with E-state index in [9.17, 15) is 4.79 Å². The monoisotopic (exact) mass is 372 g/mol. The van der Waals surface area contributed by atoms with Gasteiger partial charge in [-0.1, -0.05) is 0 Å². The molecule has 0 aliphatic carbocycles. The first-order valence-corrected chi connectivity index (χ1v) is 8.38. The van der Waals surface area contributed by atoms with Crippen molar-refractivity contribution in [1.29, 1.82) is 0 Å². The predicted octanol–water partition coefficient (Wildman–Crippen LogP) is 3.26. The van der Waals surface area contributed by atoms with Crippen LogP contribution in [0.4, 0.5) is 0 Å². The summed E-state index contributed by atoms with van der Waals surface area (Å²) in [7, 11) is 4.62. The summed E-state index contributed by atoms with van der Waals surface area (Å²) in [6, 6.07) is 10.3. The predicted molar refractivity (Wildman–Crippen MR) is 103 cm³/mol. The van der Waals surface area contributed by atoms with Crippen molar-refractivity contribution in [2.24, 2.45) is 5.10 Å². The van der Waals surface area contributed by atoms with Crippen LogP contribution < -0.4 is 24.4 Å². The van der Waals surface area contributed by atoms with E-state index in [1.807, 2.05) is 19.9 Å². The number of carbonyl (C=O) groups excluding carboxylic acids is 1. The van der Waals surface area contributed by atoms with E-state index in [1.165, 1.54) is 20.4 Å². The molecule has 0 radical (unpaired) electrons. The summed E-state index contributed by atoms with van der Waals surface area (Å²) in [5, 5.41) is 3.99. The van der Waals surface area contributed by atoms with Gasteiger partial charge in [-0.05, 0) is 49.7 Å². The fourth-order valence-corrected chi connectivity index (χ4v) is 2.28. The zero-order valence-electron chi connectivity index (χ0n) is 16.1. The maximum absolute atomic E-state index is 12.3. The number of hydrogen-bond acceptors (Lipinski definition) is 6. The Morgan fingerprint density at radius 2 is 1.63 bits per heavy atom. The van der Waals surface area contributed by atoms with E-state index in [0.717, 1.165) is 5.56 Å². The summed E-state index contributed by atoms with van der Waals surface area (Å²) < 4.78 is 21.3. The summed E-state index contributed by atoms with van der Waals surface area (Å²) in [6.07, 6.45) is 1.56. The number of hydrazone groups is 1. The molecule has 0 unspecified atom stereocenters. The van der Waals surface area contributed by atoms with Crippen LogP contribution in [0.25, 0.3) is 0 Å². The molecule has 7 heteroatoms. The lowest BCUT2D eigenvalue weighted by atomic mass is 10.2. The van der Waals surface area contributed by atoms with Gasteiger partial charge in [-0.3, -0.25) is 4.79 Å². The summed E-state index contributed by atoms with van der Waals surface area (Å²) >= 11 is 0. The van der Waals surface area contributed by atoms with Gasteiger partial charge in [0, 0.05) is 11.6 Å². The molecule has 1 N–H and O–H groups in total. The van der Waals surface area contributed by atoms with Crippen LogP contribution in [-0.2, 0) is 0 Å². The minimum absolute atomic E-state index is 0.0394. The van der Waals surface area contributed by atoms with Gasteiger partial charge in [0.2, 0.25) is 0 Å². The highest BCUT2D eigenvalue weighted by molar-refractivity contribution is 5.95. The summed E-state index contributed by atoms with van der Waals surface area (Å²) in [4.78, 5) is 12.3. The van der Waals surface area contributed by atoms with E-state index >= 15 is 0 Å². The van der Waals surface area contributed by atoms with E-state index in [1.54, 1.807) is 37.4 Å². The Hall–Kier alpha value is -3.22. The number of ether oxygens (including phenoxy) is 4. The van der Waals surface area contributed by atoms with E-state index in [0.29, 0.717) is 28.6 Å². The quantitative estimate of drug-likeness (QED) is 0.568. The number of nitrogens with zero attached hydrogens (tertiary/aromatic N) is 1. The molecule has 0 fully saturated rings. The minimum atomic E-state index is -0.379. The largest absolute Gasteiger partial charge is 0.497 e. The number of carbonyl (C=O) groups is 1. The van der Waals surface area contributed by atoms with Gasteiger partial charge in [0.15, 0.2) is 11.5 Å². The molecule has 0 saturated heterocycles. The lowest BCUT2D eigenvalue weighted by Crippen LogP contribution is -2.17. The van der Waals surface area contributed by atoms with Gasteiger partial charge in [0.05, 0.1) is 33.6 Å². The zero-order chi connectivity index (χ0) is 19.8. The van der Waals surface area contributed by atoms with Crippen molar-refractivity contribution in [3.05, 3.63) is 47.5 Å².